The van der Waals surface area contributed by atoms with Crippen LogP contribution in [0.4, 0.5) is 5.82 Å². The number of rotatable bonds is 2. The number of para-hydroxylation sites is 2. The van der Waals surface area contributed by atoms with E-state index in [1.807, 2.05) is 31.2 Å². The Balaban J connectivity index is 1.97. The lowest BCUT2D eigenvalue weighted by Crippen LogP contribution is -2.37. The quantitative estimate of drug-likeness (QED) is 0.895. The Labute approximate surface area is 113 Å². The van der Waals surface area contributed by atoms with Crippen LogP contribution in [0, 0.1) is 12.8 Å². The van der Waals surface area contributed by atoms with E-state index in [2.05, 4.69) is 9.88 Å². The molecular weight excluding hydrogens is 238 g/mol. The van der Waals surface area contributed by atoms with E-state index in [9.17, 15) is 5.11 Å². The Morgan fingerprint density at radius 2 is 2.00 bits per heavy atom. The van der Waals surface area contributed by atoms with Gasteiger partial charge in [0.15, 0.2) is 5.82 Å². The van der Waals surface area contributed by atoms with Gasteiger partial charge in [0.05, 0.1) is 16.7 Å². The number of fused-ring (bicyclic) bond motifs is 1. The summed E-state index contributed by atoms with van der Waals surface area (Å²) in [5.41, 5.74) is 2.85. The summed E-state index contributed by atoms with van der Waals surface area (Å²) < 4.78 is 0. The second-order valence-corrected chi connectivity index (χ2v) is 5.26. The van der Waals surface area contributed by atoms with Gasteiger partial charge in [-0.25, -0.2) is 9.97 Å². The Kier molecular flexibility index (Phi) is 3.34. The lowest BCUT2D eigenvalue weighted by atomic mass is 9.99. The van der Waals surface area contributed by atoms with Gasteiger partial charge in [-0.3, -0.25) is 0 Å². The number of piperidine rings is 1. The first kappa shape index (κ1) is 12.4. The number of hydrogen-bond donors (Lipinski definition) is 1. The summed E-state index contributed by atoms with van der Waals surface area (Å²) >= 11 is 0. The van der Waals surface area contributed by atoms with E-state index in [1.165, 1.54) is 0 Å². The van der Waals surface area contributed by atoms with Crippen LogP contribution in [-0.2, 0) is 0 Å². The van der Waals surface area contributed by atoms with Crippen LogP contribution in [0.1, 0.15) is 18.5 Å². The molecule has 0 aliphatic carbocycles. The maximum Gasteiger partial charge on any atom is 0.150 e. The molecule has 1 fully saturated rings. The number of aryl methyl sites for hydroxylation is 1. The number of aliphatic hydroxyl groups is 1. The minimum Gasteiger partial charge on any atom is -0.396 e. The van der Waals surface area contributed by atoms with Gasteiger partial charge in [0.25, 0.3) is 0 Å². The van der Waals surface area contributed by atoms with Crippen LogP contribution in [0.3, 0.4) is 0 Å². The summed E-state index contributed by atoms with van der Waals surface area (Å²) in [4.78, 5) is 11.6. The van der Waals surface area contributed by atoms with E-state index in [0.29, 0.717) is 5.92 Å². The Morgan fingerprint density at radius 3 is 2.74 bits per heavy atom. The largest absolute Gasteiger partial charge is 0.396 e. The zero-order valence-corrected chi connectivity index (χ0v) is 11.2. The average Bonchev–Trinajstić information content (AvgIpc) is 2.46. The molecule has 0 bridgehead atoms. The number of hydrogen-bond acceptors (Lipinski definition) is 4. The second-order valence-electron chi connectivity index (χ2n) is 5.26. The first-order valence-electron chi connectivity index (χ1n) is 6.87. The second kappa shape index (κ2) is 5.13. The van der Waals surface area contributed by atoms with Crippen molar-refractivity contribution in [2.75, 3.05) is 24.6 Å². The highest BCUT2D eigenvalue weighted by Gasteiger charge is 2.22. The molecule has 1 aromatic carbocycles. The van der Waals surface area contributed by atoms with Crippen molar-refractivity contribution in [3.8, 4) is 0 Å². The predicted molar refractivity (Wildman–Crippen MR) is 76.3 cm³/mol. The van der Waals surface area contributed by atoms with Crippen LogP contribution in [-0.4, -0.2) is 34.8 Å². The fourth-order valence-electron chi connectivity index (χ4n) is 2.78. The Bertz CT molecular complexity index is 585. The standard InChI is InChI=1S/C15H19N3O/c1-11-15(18-8-4-5-12(9-18)10-19)17-14-7-3-2-6-13(14)16-11/h2-3,6-7,12,19H,4-5,8-10H2,1H3. The van der Waals surface area contributed by atoms with Crippen molar-refractivity contribution in [1.82, 2.24) is 9.97 Å². The maximum absolute atomic E-state index is 9.33. The van der Waals surface area contributed by atoms with E-state index in [0.717, 1.165) is 48.5 Å². The zero-order valence-electron chi connectivity index (χ0n) is 11.2. The number of anilines is 1. The van der Waals surface area contributed by atoms with Gasteiger partial charge in [0.1, 0.15) is 0 Å². The summed E-state index contributed by atoms with van der Waals surface area (Å²) in [6.07, 6.45) is 2.21. The molecule has 19 heavy (non-hydrogen) atoms. The highest BCUT2D eigenvalue weighted by molar-refractivity contribution is 5.76. The van der Waals surface area contributed by atoms with Gasteiger partial charge in [-0.1, -0.05) is 12.1 Å². The maximum atomic E-state index is 9.33. The molecule has 100 valence electrons. The molecule has 2 aromatic rings. The Hall–Kier alpha value is -1.68. The zero-order chi connectivity index (χ0) is 13.2. The van der Waals surface area contributed by atoms with Gasteiger partial charge < -0.3 is 10.0 Å². The molecule has 1 N–H and O–H groups in total. The molecule has 0 radical (unpaired) electrons. The summed E-state index contributed by atoms with van der Waals surface area (Å²) in [5.74, 6) is 1.33. The lowest BCUT2D eigenvalue weighted by Gasteiger charge is -2.33. The fourth-order valence-corrected chi connectivity index (χ4v) is 2.78. The fraction of sp³-hybridized carbons (Fsp3) is 0.467. The summed E-state index contributed by atoms with van der Waals surface area (Å²) in [6.45, 7) is 4.16. The smallest absolute Gasteiger partial charge is 0.150 e. The molecule has 4 nitrogen and oxygen atoms in total. The highest BCUT2D eigenvalue weighted by atomic mass is 16.3. The van der Waals surface area contributed by atoms with E-state index >= 15 is 0 Å². The topological polar surface area (TPSA) is 49.2 Å². The van der Waals surface area contributed by atoms with Crippen molar-refractivity contribution >= 4 is 16.9 Å². The molecule has 1 atom stereocenters. The SMILES string of the molecule is Cc1nc2ccccc2nc1N1CCCC(CO)C1. The van der Waals surface area contributed by atoms with E-state index < -0.39 is 0 Å². The van der Waals surface area contributed by atoms with Gasteiger partial charge in [0, 0.05) is 19.7 Å². The van der Waals surface area contributed by atoms with Crippen molar-refractivity contribution in [2.24, 2.45) is 5.92 Å². The van der Waals surface area contributed by atoms with Gasteiger partial charge in [-0.05, 0) is 37.8 Å². The van der Waals surface area contributed by atoms with Crippen molar-refractivity contribution in [3.05, 3.63) is 30.0 Å². The first-order valence-corrected chi connectivity index (χ1v) is 6.87. The normalized spacial score (nSPS) is 19.9. The average molecular weight is 257 g/mol. The monoisotopic (exact) mass is 257 g/mol. The number of aliphatic hydroxyl groups excluding tert-OH is 1. The third kappa shape index (κ3) is 2.40. The molecule has 0 spiro atoms. The van der Waals surface area contributed by atoms with Crippen LogP contribution >= 0.6 is 0 Å². The molecular formula is C15H19N3O. The molecule has 1 aliphatic rings. The molecule has 1 aromatic heterocycles. The molecule has 1 saturated heterocycles. The first-order chi connectivity index (χ1) is 9.28. The van der Waals surface area contributed by atoms with Gasteiger partial charge >= 0.3 is 0 Å². The van der Waals surface area contributed by atoms with Crippen LogP contribution in [0.2, 0.25) is 0 Å². The van der Waals surface area contributed by atoms with Crippen LogP contribution in [0.25, 0.3) is 11.0 Å². The molecule has 0 amide bonds. The highest BCUT2D eigenvalue weighted by Crippen LogP contribution is 2.25. The Morgan fingerprint density at radius 1 is 1.26 bits per heavy atom. The minimum atomic E-state index is 0.260. The number of benzene rings is 1. The van der Waals surface area contributed by atoms with Gasteiger partial charge in [0.2, 0.25) is 0 Å². The minimum absolute atomic E-state index is 0.260. The van der Waals surface area contributed by atoms with Crippen LogP contribution < -0.4 is 4.90 Å². The van der Waals surface area contributed by atoms with E-state index in [-0.39, 0.29) is 6.61 Å². The number of aromatic nitrogens is 2. The molecule has 1 unspecified atom stereocenters. The van der Waals surface area contributed by atoms with Gasteiger partial charge in [-0.15, -0.1) is 0 Å². The number of nitrogens with zero attached hydrogens (tertiary/aromatic N) is 3. The molecule has 2 heterocycles. The van der Waals surface area contributed by atoms with Crippen molar-refractivity contribution in [3.63, 3.8) is 0 Å². The van der Waals surface area contributed by atoms with Crippen molar-refractivity contribution in [2.45, 2.75) is 19.8 Å². The van der Waals surface area contributed by atoms with E-state index in [1.54, 1.807) is 0 Å². The summed E-state index contributed by atoms with van der Waals surface area (Å²) in [6, 6.07) is 7.96. The van der Waals surface area contributed by atoms with Crippen molar-refractivity contribution < 1.29 is 5.11 Å². The molecule has 0 saturated carbocycles. The summed E-state index contributed by atoms with van der Waals surface area (Å²) in [7, 11) is 0. The van der Waals surface area contributed by atoms with Crippen LogP contribution in [0.15, 0.2) is 24.3 Å². The third-order valence-electron chi connectivity index (χ3n) is 3.80. The summed E-state index contributed by atoms with van der Waals surface area (Å²) in [5, 5.41) is 9.33. The predicted octanol–water partition coefficient (Wildman–Crippen LogP) is 2.15. The van der Waals surface area contributed by atoms with Gasteiger partial charge in [-0.2, -0.15) is 0 Å². The molecule has 3 rings (SSSR count). The third-order valence-corrected chi connectivity index (χ3v) is 3.80. The van der Waals surface area contributed by atoms with E-state index in [4.69, 9.17) is 4.98 Å². The molecule has 1 aliphatic heterocycles. The van der Waals surface area contributed by atoms with Crippen LogP contribution in [0.5, 0.6) is 0 Å². The lowest BCUT2D eigenvalue weighted by molar-refractivity contribution is 0.208. The van der Waals surface area contributed by atoms with Crippen molar-refractivity contribution in [1.29, 1.82) is 0 Å². The molecule has 4 heteroatoms.